The second-order valence-corrected chi connectivity index (χ2v) is 11.1. The van der Waals surface area contributed by atoms with Crippen LogP contribution in [0.3, 0.4) is 0 Å². The summed E-state index contributed by atoms with van der Waals surface area (Å²) in [5.74, 6) is 3.80. The number of fused-ring (bicyclic) bond motifs is 1. The van der Waals surface area contributed by atoms with E-state index in [-0.39, 0.29) is 41.8 Å². The summed E-state index contributed by atoms with van der Waals surface area (Å²) in [4.78, 5) is 27.9. The van der Waals surface area contributed by atoms with Crippen LogP contribution in [-0.2, 0) is 30.8 Å². The number of esters is 1. The molecule has 9 nitrogen and oxygen atoms in total. The lowest BCUT2D eigenvalue weighted by atomic mass is 10.1. The van der Waals surface area contributed by atoms with E-state index in [9.17, 15) is 22.4 Å². The highest BCUT2D eigenvalue weighted by molar-refractivity contribution is 7.89. The van der Waals surface area contributed by atoms with Crippen molar-refractivity contribution < 1.29 is 36.6 Å². The van der Waals surface area contributed by atoms with Crippen molar-refractivity contribution in [3.8, 4) is 17.6 Å². The maximum absolute atomic E-state index is 13.9. The number of anilines is 1. The first kappa shape index (κ1) is 30.0. The van der Waals surface area contributed by atoms with E-state index in [0.29, 0.717) is 17.0 Å². The van der Waals surface area contributed by atoms with Gasteiger partial charge in [0, 0.05) is 19.3 Å². The highest BCUT2D eigenvalue weighted by atomic mass is 35.5. The Balaban J connectivity index is 1.70. The van der Waals surface area contributed by atoms with E-state index >= 15 is 0 Å². The number of nitrogens with zero attached hydrogens (tertiary/aromatic N) is 2. The van der Waals surface area contributed by atoms with Crippen LogP contribution in [0.4, 0.5) is 10.1 Å². The van der Waals surface area contributed by atoms with Gasteiger partial charge in [-0.05, 0) is 54.1 Å². The highest BCUT2D eigenvalue weighted by Gasteiger charge is 2.42. The molecule has 3 aromatic carbocycles. The molecule has 0 aromatic heterocycles. The molecule has 41 heavy (non-hydrogen) atoms. The average molecular weight is 601 g/mol. The minimum atomic E-state index is -4.29. The molecule has 0 bridgehead atoms. The fraction of sp³-hybridized carbons (Fsp3) is 0.241. The molecule has 1 aliphatic rings. The molecule has 0 saturated carbocycles. The first-order chi connectivity index (χ1) is 19.7. The SMILES string of the molecule is COCC#CCOc1ccc(S(=O)(=O)N2Cc3ccccc3N(C(=O)c3ccc(F)cc3Cl)CC2C(=O)OC)cc1. The van der Waals surface area contributed by atoms with Gasteiger partial charge in [0.2, 0.25) is 10.0 Å². The van der Waals surface area contributed by atoms with Gasteiger partial charge in [-0.1, -0.05) is 41.6 Å². The Morgan fingerprint density at radius 2 is 1.73 bits per heavy atom. The van der Waals surface area contributed by atoms with Crippen molar-refractivity contribution in [2.24, 2.45) is 0 Å². The van der Waals surface area contributed by atoms with E-state index in [1.54, 1.807) is 24.3 Å². The fourth-order valence-corrected chi connectivity index (χ4v) is 6.06. The molecule has 214 valence electrons. The summed E-state index contributed by atoms with van der Waals surface area (Å²) in [6.45, 7) is -0.255. The van der Waals surface area contributed by atoms with Crippen LogP contribution in [0, 0.1) is 17.7 Å². The molecule has 1 aliphatic heterocycles. The van der Waals surface area contributed by atoms with Gasteiger partial charge >= 0.3 is 5.97 Å². The Bertz CT molecular complexity index is 1600. The summed E-state index contributed by atoms with van der Waals surface area (Å²) in [6.07, 6.45) is 0. The first-order valence-electron chi connectivity index (χ1n) is 12.3. The molecular weight excluding hydrogens is 575 g/mol. The van der Waals surface area contributed by atoms with Crippen LogP contribution in [0.2, 0.25) is 5.02 Å². The predicted molar refractivity (Wildman–Crippen MR) is 150 cm³/mol. The van der Waals surface area contributed by atoms with Gasteiger partial charge in [-0.3, -0.25) is 9.59 Å². The van der Waals surface area contributed by atoms with Gasteiger partial charge in [-0.25, -0.2) is 12.8 Å². The number of halogens is 2. The molecule has 0 fully saturated rings. The minimum Gasteiger partial charge on any atom is -0.481 e. The van der Waals surface area contributed by atoms with Crippen LogP contribution in [-0.4, -0.2) is 64.6 Å². The lowest BCUT2D eigenvalue weighted by molar-refractivity contribution is -0.144. The smallest absolute Gasteiger partial charge is 0.326 e. The van der Waals surface area contributed by atoms with E-state index in [1.165, 1.54) is 42.3 Å². The van der Waals surface area contributed by atoms with Gasteiger partial charge in [-0.15, -0.1) is 0 Å². The molecule has 0 radical (unpaired) electrons. The molecule has 0 saturated heterocycles. The third-order valence-electron chi connectivity index (χ3n) is 6.27. The maximum Gasteiger partial charge on any atom is 0.326 e. The lowest BCUT2D eigenvalue weighted by Crippen LogP contribution is -2.50. The van der Waals surface area contributed by atoms with E-state index in [2.05, 4.69) is 11.8 Å². The number of rotatable bonds is 7. The average Bonchev–Trinajstić information content (AvgIpc) is 3.14. The summed E-state index contributed by atoms with van der Waals surface area (Å²) in [7, 11) is -1.63. The van der Waals surface area contributed by atoms with Gasteiger partial charge in [0.25, 0.3) is 5.91 Å². The van der Waals surface area contributed by atoms with Crippen molar-refractivity contribution >= 4 is 39.2 Å². The van der Waals surface area contributed by atoms with Gasteiger partial charge in [-0.2, -0.15) is 4.31 Å². The molecule has 0 N–H and O–H groups in total. The van der Waals surface area contributed by atoms with Crippen LogP contribution < -0.4 is 9.64 Å². The van der Waals surface area contributed by atoms with Crippen LogP contribution in [0.1, 0.15) is 15.9 Å². The molecule has 1 atom stereocenters. The summed E-state index contributed by atoms with van der Waals surface area (Å²) < 4.78 is 57.9. The van der Waals surface area contributed by atoms with Crippen molar-refractivity contribution in [2.45, 2.75) is 17.5 Å². The van der Waals surface area contributed by atoms with Crippen molar-refractivity contribution in [1.29, 1.82) is 0 Å². The van der Waals surface area contributed by atoms with Crippen LogP contribution in [0.15, 0.2) is 71.6 Å². The van der Waals surface area contributed by atoms with Gasteiger partial charge in [0.05, 0.1) is 29.1 Å². The molecule has 0 aliphatic carbocycles. The number of benzene rings is 3. The fourth-order valence-electron chi connectivity index (χ4n) is 4.27. The molecule has 4 rings (SSSR count). The Labute approximate surface area is 242 Å². The van der Waals surface area contributed by atoms with Crippen molar-refractivity contribution in [2.75, 3.05) is 38.9 Å². The number of carbonyl (C=O) groups is 2. The van der Waals surface area contributed by atoms with Crippen LogP contribution in [0.25, 0.3) is 0 Å². The molecule has 3 aromatic rings. The van der Waals surface area contributed by atoms with Gasteiger partial charge in [0.1, 0.15) is 30.8 Å². The lowest BCUT2D eigenvalue weighted by Gasteiger charge is -2.29. The summed E-state index contributed by atoms with van der Waals surface area (Å²) in [5.41, 5.74) is 0.830. The Hall–Kier alpha value is -3.95. The highest BCUT2D eigenvalue weighted by Crippen LogP contribution is 2.33. The number of methoxy groups -OCH3 is 2. The first-order valence-corrected chi connectivity index (χ1v) is 14.1. The standard InChI is InChI=1S/C29H26ClFN2O7S/c1-38-15-5-6-16-40-22-10-12-23(13-11-22)41(36,37)33-18-20-7-3-4-8-26(20)32(19-27(33)29(35)39-2)28(34)24-14-9-21(31)17-25(24)30/h3-4,7-14,17,27H,15-16,18-19H2,1-2H3. The Kier molecular flexibility index (Phi) is 9.62. The molecule has 0 spiro atoms. The molecular formula is C29H26ClFN2O7S. The van der Waals surface area contributed by atoms with E-state index in [1.807, 2.05) is 0 Å². The van der Waals surface area contributed by atoms with Crippen molar-refractivity contribution in [3.63, 3.8) is 0 Å². The maximum atomic E-state index is 13.9. The van der Waals surface area contributed by atoms with Crippen molar-refractivity contribution in [1.82, 2.24) is 4.31 Å². The Morgan fingerprint density at radius 3 is 2.41 bits per heavy atom. The second kappa shape index (κ2) is 13.1. The zero-order chi connectivity index (χ0) is 29.6. The van der Waals surface area contributed by atoms with Crippen LogP contribution >= 0.6 is 11.6 Å². The predicted octanol–water partition coefficient (Wildman–Crippen LogP) is 3.90. The van der Waals surface area contributed by atoms with E-state index < -0.39 is 33.8 Å². The van der Waals surface area contributed by atoms with E-state index in [0.717, 1.165) is 23.5 Å². The number of amides is 1. The number of hydrogen-bond donors (Lipinski definition) is 0. The normalized spacial score (nSPS) is 15.2. The largest absolute Gasteiger partial charge is 0.481 e. The number of para-hydroxylation sites is 1. The number of hydrogen-bond acceptors (Lipinski definition) is 7. The zero-order valence-corrected chi connectivity index (χ0v) is 23.7. The zero-order valence-electron chi connectivity index (χ0n) is 22.2. The van der Waals surface area contributed by atoms with Crippen LogP contribution in [0.5, 0.6) is 5.75 Å². The van der Waals surface area contributed by atoms with Gasteiger partial charge in [0.15, 0.2) is 0 Å². The Morgan fingerprint density at radius 1 is 1.02 bits per heavy atom. The molecule has 1 amide bonds. The van der Waals surface area contributed by atoms with Gasteiger partial charge < -0.3 is 19.1 Å². The second-order valence-electron chi connectivity index (χ2n) is 8.80. The topological polar surface area (TPSA) is 102 Å². The quantitative estimate of drug-likeness (QED) is 0.299. The van der Waals surface area contributed by atoms with Crippen molar-refractivity contribution in [3.05, 3.63) is 88.7 Å². The van der Waals surface area contributed by atoms with E-state index in [4.69, 9.17) is 25.8 Å². The third kappa shape index (κ3) is 6.69. The molecule has 1 unspecified atom stereocenters. The number of sulfonamides is 1. The summed E-state index contributed by atoms with van der Waals surface area (Å²) >= 11 is 6.18. The third-order valence-corrected chi connectivity index (χ3v) is 8.46. The monoisotopic (exact) mass is 600 g/mol. The number of carbonyl (C=O) groups excluding carboxylic acids is 2. The summed E-state index contributed by atoms with van der Waals surface area (Å²) in [5, 5.41) is -0.122. The minimum absolute atomic E-state index is 0.00899. The number of ether oxygens (including phenoxy) is 3. The molecule has 12 heteroatoms. The molecule has 1 heterocycles. The summed E-state index contributed by atoms with van der Waals surface area (Å²) in [6, 6.07) is 14.3.